The van der Waals surface area contributed by atoms with Gasteiger partial charge in [0.05, 0.1) is 0 Å². The summed E-state index contributed by atoms with van der Waals surface area (Å²) in [6.45, 7) is 8.29. The fourth-order valence-electron chi connectivity index (χ4n) is 4.42. The van der Waals surface area contributed by atoms with Gasteiger partial charge in [-0.05, 0) is 59.8 Å². The summed E-state index contributed by atoms with van der Waals surface area (Å²) in [6.07, 6.45) is 4.09. The molecule has 0 heterocycles. The van der Waals surface area contributed by atoms with Crippen molar-refractivity contribution in [1.82, 2.24) is 5.32 Å². The Morgan fingerprint density at radius 2 is 2.10 bits per heavy atom. The van der Waals surface area contributed by atoms with Crippen molar-refractivity contribution in [2.24, 2.45) is 16.7 Å². The van der Waals surface area contributed by atoms with Gasteiger partial charge in [0.2, 0.25) is 0 Å². The van der Waals surface area contributed by atoms with Crippen molar-refractivity contribution >= 4 is 27.5 Å². The average Bonchev–Trinajstić information content (AvgIpc) is 2.72. The zero-order valence-electron chi connectivity index (χ0n) is 12.5. The number of fused-ring (bicyclic) bond motifs is 2. The van der Waals surface area contributed by atoms with Crippen LogP contribution < -0.4 is 5.32 Å². The second kappa shape index (κ2) is 5.00. The minimum Gasteiger partial charge on any atom is -0.309 e. The Morgan fingerprint density at radius 3 is 2.70 bits per heavy atom. The van der Waals surface area contributed by atoms with E-state index >= 15 is 0 Å². The van der Waals surface area contributed by atoms with Crippen LogP contribution in [0, 0.1) is 16.7 Å². The third-order valence-electron chi connectivity index (χ3n) is 6.34. The molecular formula is C17H23BrClN. The van der Waals surface area contributed by atoms with Crippen molar-refractivity contribution in [3.8, 4) is 0 Å². The molecule has 110 valence electrons. The van der Waals surface area contributed by atoms with Gasteiger partial charge in [0.15, 0.2) is 0 Å². The van der Waals surface area contributed by atoms with E-state index < -0.39 is 0 Å². The molecular weight excluding hydrogens is 334 g/mol. The molecule has 2 saturated carbocycles. The van der Waals surface area contributed by atoms with Crippen LogP contribution in [-0.2, 0) is 6.54 Å². The fraction of sp³-hybridized carbons (Fsp3) is 0.647. The summed E-state index contributed by atoms with van der Waals surface area (Å²) in [5, 5.41) is 4.61. The molecule has 0 radical (unpaired) electrons. The van der Waals surface area contributed by atoms with E-state index in [4.69, 9.17) is 11.6 Å². The van der Waals surface area contributed by atoms with Crippen molar-refractivity contribution in [3.05, 3.63) is 33.3 Å². The molecule has 2 fully saturated rings. The van der Waals surface area contributed by atoms with Gasteiger partial charge < -0.3 is 5.32 Å². The molecule has 1 N–H and O–H groups in total. The molecule has 20 heavy (non-hydrogen) atoms. The highest BCUT2D eigenvalue weighted by Gasteiger charge is 2.60. The average molecular weight is 357 g/mol. The standard InChI is InChI=1S/C17H23BrClN/c1-16(2)12-6-7-17(16,3)15(9-12)20-10-11-8-13(19)4-5-14(11)18/h4-5,8,12,15,20H,6-7,9-10H2,1-3H3. The Morgan fingerprint density at radius 1 is 1.35 bits per heavy atom. The van der Waals surface area contributed by atoms with E-state index in [1.807, 2.05) is 12.1 Å². The van der Waals surface area contributed by atoms with Crippen molar-refractivity contribution in [2.45, 2.75) is 52.6 Å². The van der Waals surface area contributed by atoms with Gasteiger partial charge in [-0.2, -0.15) is 0 Å². The topological polar surface area (TPSA) is 12.0 Å². The Bertz CT molecular complexity index is 528. The highest BCUT2D eigenvalue weighted by molar-refractivity contribution is 9.10. The number of halogens is 2. The quantitative estimate of drug-likeness (QED) is 0.764. The number of hydrogen-bond donors (Lipinski definition) is 1. The van der Waals surface area contributed by atoms with E-state index in [1.54, 1.807) is 0 Å². The van der Waals surface area contributed by atoms with E-state index in [1.165, 1.54) is 24.8 Å². The first-order valence-corrected chi connectivity index (χ1v) is 8.69. The SMILES string of the molecule is CC1(C)C2CCC1(C)C(NCc1cc(Cl)ccc1Br)C2. The lowest BCUT2D eigenvalue weighted by molar-refractivity contribution is 0.120. The molecule has 1 aromatic carbocycles. The van der Waals surface area contributed by atoms with E-state index in [9.17, 15) is 0 Å². The van der Waals surface area contributed by atoms with E-state index in [-0.39, 0.29) is 0 Å². The summed E-state index contributed by atoms with van der Waals surface area (Å²) < 4.78 is 1.14. The number of hydrogen-bond acceptors (Lipinski definition) is 1. The van der Waals surface area contributed by atoms with Crippen molar-refractivity contribution in [3.63, 3.8) is 0 Å². The monoisotopic (exact) mass is 355 g/mol. The summed E-state index contributed by atoms with van der Waals surface area (Å²) in [6, 6.07) is 6.64. The number of nitrogens with one attached hydrogen (secondary N) is 1. The van der Waals surface area contributed by atoms with Crippen LogP contribution in [0.4, 0.5) is 0 Å². The highest BCUT2D eigenvalue weighted by atomic mass is 79.9. The molecule has 1 aromatic rings. The first-order chi connectivity index (χ1) is 9.34. The lowest BCUT2D eigenvalue weighted by atomic mass is 9.69. The molecule has 3 atom stereocenters. The third-order valence-corrected chi connectivity index (χ3v) is 7.35. The molecule has 0 saturated heterocycles. The first kappa shape index (κ1) is 14.9. The van der Waals surface area contributed by atoms with Gasteiger partial charge in [-0.15, -0.1) is 0 Å². The van der Waals surface area contributed by atoms with Crippen molar-refractivity contribution < 1.29 is 0 Å². The third kappa shape index (κ3) is 2.15. The predicted octanol–water partition coefficient (Wildman–Crippen LogP) is 5.41. The van der Waals surface area contributed by atoms with Crippen LogP contribution >= 0.6 is 27.5 Å². The Labute approximate surface area is 135 Å². The lowest BCUT2D eigenvalue weighted by Crippen LogP contribution is -2.44. The lowest BCUT2D eigenvalue weighted by Gasteiger charge is -2.39. The van der Waals surface area contributed by atoms with Crippen LogP contribution in [-0.4, -0.2) is 6.04 Å². The largest absolute Gasteiger partial charge is 0.309 e. The maximum atomic E-state index is 6.10. The van der Waals surface area contributed by atoms with E-state index in [2.05, 4.69) is 48.1 Å². The molecule has 1 nitrogen and oxygen atoms in total. The van der Waals surface area contributed by atoms with Crippen LogP contribution in [0.3, 0.4) is 0 Å². The second-order valence-corrected chi connectivity index (χ2v) is 8.57. The zero-order chi connectivity index (χ0) is 14.5. The minimum absolute atomic E-state index is 0.433. The van der Waals surface area contributed by atoms with Crippen LogP contribution in [0.1, 0.15) is 45.6 Å². The first-order valence-electron chi connectivity index (χ1n) is 7.52. The van der Waals surface area contributed by atoms with Gasteiger partial charge >= 0.3 is 0 Å². The van der Waals surface area contributed by atoms with Crippen LogP contribution in [0.15, 0.2) is 22.7 Å². The molecule has 0 aromatic heterocycles. The molecule has 2 bridgehead atoms. The molecule has 3 rings (SSSR count). The molecule has 3 heteroatoms. The molecule has 0 amide bonds. The molecule has 2 aliphatic rings. The number of rotatable bonds is 3. The maximum absolute atomic E-state index is 6.10. The Balaban J connectivity index is 1.73. The predicted molar refractivity (Wildman–Crippen MR) is 89.0 cm³/mol. The normalized spacial score (nSPS) is 34.6. The highest BCUT2D eigenvalue weighted by Crippen LogP contribution is 2.65. The van der Waals surface area contributed by atoms with E-state index in [0.717, 1.165) is 22.0 Å². The van der Waals surface area contributed by atoms with Crippen LogP contribution in [0.25, 0.3) is 0 Å². The van der Waals surface area contributed by atoms with Crippen molar-refractivity contribution in [2.75, 3.05) is 0 Å². The fourth-order valence-corrected chi connectivity index (χ4v) is 5.01. The van der Waals surface area contributed by atoms with Crippen LogP contribution in [0.2, 0.25) is 5.02 Å². The Kier molecular flexibility index (Phi) is 3.72. The smallest absolute Gasteiger partial charge is 0.0410 e. The van der Waals surface area contributed by atoms with Gasteiger partial charge in [-0.1, -0.05) is 48.3 Å². The molecule has 3 unspecified atom stereocenters. The molecule has 2 aliphatic carbocycles. The molecule has 0 spiro atoms. The summed E-state index contributed by atoms with van der Waals surface area (Å²) >= 11 is 9.72. The second-order valence-electron chi connectivity index (χ2n) is 7.28. The van der Waals surface area contributed by atoms with Gasteiger partial charge in [-0.3, -0.25) is 0 Å². The zero-order valence-corrected chi connectivity index (χ0v) is 14.8. The summed E-state index contributed by atoms with van der Waals surface area (Å²) in [5.74, 6) is 0.882. The van der Waals surface area contributed by atoms with Crippen molar-refractivity contribution in [1.29, 1.82) is 0 Å². The maximum Gasteiger partial charge on any atom is 0.0410 e. The van der Waals surface area contributed by atoms with E-state index in [0.29, 0.717) is 16.9 Å². The van der Waals surface area contributed by atoms with Gasteiger partial charge in [0.1, 0.15) is 0 Å². The summed E-state index contributed by atoms with van der Waals surface area (Å²) in [7, 11) is 0. The Hall–Kier alpha value is -0.0500. The molecule has 0 aliphatic heterocycles. The van der Waals surface area contributed by atoms with Gasteiger partial charge in [0.25, 0.3) is 0 Å². The number of benzene rings is 1. The van der Waals surface area contributed by atoms with Crippen LogP contribution in [0.5, 0.6) is 0 Å². The minimum atomic E-state index is 0.433. The van der Waals surface area contributed by atoms with Gasteiger partial charge in [-0.25, -0.2) is 0 Å². The summed E-state index contributed by atoms with van der Waals surface area (Å²) in [5.41, 5.74) is 2.15. The van der Waals surface area contributed by atoms with Gasteiger partial charge in [0, 0.05) is 22.1 Å². The summed E-state index contributed by atoms with van der Waals surface area (Å²) in [4.78, 5) is 0.